The topological polar surface area (TPSA) is 52.0 Å². The molecular weight excluding hydrogens is 232 g/mol. The molecule has 0 saturated carbocycles. The van der Waals surface area contributed by atoms with Crippen LogP contribution < -0.4 is 11.5 Å². The first-order valence-corrected chi connectivity index (χ1v) is 7.20. The molecule has 0 heterocycles. The molecule has 0 spiro atoms. The van der Waals surface area contributed by atoms with Crippen LogP contribution in [0.2, 0.25) is 0 Å². The van der Waals surface area contributed by atoms with Gasteiger partial charge in [0.25, 0.3) is 0 Å². The second kappa shape index (κ2) is 4.76. The largest absolute Gasteiger partial charge is 0.398 e. The highest BCUT2D eigenvalue weighted by molar-refractivity contribution is 5.71. The Bertz CT molecular complexity index is 509. The molecule has 4 N–H and O–H groups in total. The molecule has 0 fully saturated rings. The molecule has 1 aromatic rings. The smallest absolute Gasteiger partial charge is 0.0403 e. The predicted octanol–water partition coefficient (Wildman–Crippen LogP) is 4.03. The van der Waals surface area contributed by atoms with Crippen molar-refractivity contribution in [1.29, 1.82) is 0 Å². The molecule has 19 heavy (non-hydrogen) atoms. The standard InChI is InChI=1S/C17H22N2/c1-11-16(18)14(12-6-2-3-7-12)10-15(17(11)19)13-8-4-5-9-13/h2,4,6,8,10,12-13H,3,5,7,9,18-19H2,1H3. The van der Waals surface area contributed by atoms with Gasteiger partial charge in [0.15, 0.2) is 0 Å². The Kier molecular flexibility index (Phi) is 3.09. The van der Waals surface area contributed by atoms with Crippen molar-refractivity contribution in [3.63, 3.8) is 0 Å². The van der Waals surface area contributed by atoms with E-state index >= 15 is 0 Å². The van der Waals surface area contributed by atoms with Crippen LogP contribution in [0.1, 0.15) is 54.2 Å². The maximum Gasteiger partial charge on any atom is 0.0403 e. The van der Waals surface area contributed by atoms with Crippen LogP contribution in [-0.4, -0.2) is 0 Å². The van der Waals surface area contributed by atoms with Gasteiger partial charge in [0, 0.05) is 23.2 Å². The minimum atomic E-state index is 0.475. The van der Waals surface area contributed by atoms with Gasteiger partial charge in [-0.2, -0.15) is 0 Å². The molecule has 100 valence electrons. The van der Waals surface area contributed by atoms with Crippen molar-refractivity contribution in [3.8, 4) is 0 Å². The fourth-order valence-electron chi connectivity index (χ4n) is 3.30. The van der Waals surface area contributed by atoms with Gasteiger partial charge in [0.2, 0.25) is 0 Å². The van der Waals surface area contributed by atoms with Gasteiger partial charge in [0.1, 0.15) is 0 Å². The lowest BCUT2D eigenvalue weighted by Gasteiger charge is -2.21. The number of anilines is 2. The quantitative estimate of drug-likeness (QED) is 0.618. The van der Waals surface area contributed by atoms with Crippen LogP contribution in [0.15, 0.2) is 30.4 Å². The zero-order valence-corrected chi connectivity index (χ0v) is 11.5. The predicted molar refractivity (Wildman–Crippen MR) is 82.2 cm³/mol. The molecule has 2 aliphatic carbocycles. The lowest BCUT2D eigenvalue weighted by atomic mass is 9.87. The van der Waals surface area contributed by atoms with Crippen molar-refractivity contribution in [2.75, 3.05) is 11.5 Å². The molecular formula is C17H22N2. The lowest BCUT2D eigenvalue weighted by Crippen LogP contribution is -2.08. The monoisotopic (exact) mass is 254 g/mol. The third kappa shape index (κ3) is 2.05. The van der Waals surface area contributed by atoms with Crippen LogP contribution in [-0.2, 0) is 0 Å². The van der Waals surface area contributed by atoms with Crippen molar-refractivity contribution in [2.45, 2.75) is 44.4 Å². The number of nitrogens with two attached hydrogens (primary N) is 2. The Morgan fingerprint density at radius 1 is 0.895 bits per heavy atom. The first kappa shape index (κ1) is 12.3. The Balaban J connectivity index is 2.09. The average molecular weight is 254 g/mol. The van der Waals surface area contributed by atoms with Crippen LogP contribution in [0, 0.1) is 6.92 Å². The fraction of sp³-hybridized carbons (Fsp3) is 0.412. The molecule has 2 heteroatoms. The molecule has 3 rings (SSSR count). The number of rotatable bonds is 2. The van der Waals surface area contributed by atoms with Gasteiger partial charge in [0.05, 0.1) is 0 Å². The molecule has 2 atom stereocenters. The second-order valence-corrected chi connectivity index (χ2v) is 5.73. The van der Waals surface area contributed by atoms with Crippen molar-refractivity contribution in [1.82, 2.24) is 0 Å². The van der Waals surface area contributed by atoms with E-state index in [0.717, 1.165) is 29.8 Å². The number of nitrogen functional groups attached to an aromatic ring is 2. The minimum Gasteiger partial charge on any atom is -0.398 e. The molecule has 2 aliphatic rings. The molecule has 0 amide bonds. The molecule has 0 radical (unpaired) electrons. The number of allylic oxidation sites excluding steroid dienone is 4. The highest BCUT2D eigenvalue weighted by Crippen LogP contribution is 2.41. The van der Waals surface area contributed by atoms with Crippen LogP contribution in [0.4, 0.5) is 11.4 Å². The third-order valence-corrected chi connectivity index (χ3v) is 4.57. The molecule has 0 bridgehead atoms. The van der Waals surface area contributed by atoms with E-state index in [1.165, 1.54) is 24.0 Å². The molecule has 2 nitrogen and oxygen atoms in total. The van der Waals surface area contributed by atoms with E-state index in [2.05, 4.69) is 37.3 Å². The van der Waals surface area contributed by atoms with Crippen molar-refractivity contribution in [3.05, 3.63) is 47.1 Å². The molecule has 0 aliphatic heterocycles. The van der Waals surface area contributed by atoms with E-state index in [1.54, 1.807) is 0 Å². The van der Waals surface area contributed by atoms with E-state index in [-0.39, 0.29) is 0 Å². The van der Waals surface area contributed by atoms with Gasteiger partial charge >= 0.3 is 0 Å². The third-order valence-electron chi connectivity index (χ3n) is 4.57. The SMILES string of the molecule is Cc1c(N)c(C2C=CCC2)cc(C2C=CCC2)c1N. The Hall–Kier alpha value is -1.70. The van der Waals surface area contributed by atoms with E-state index in [4.69, 9.17) is 11.5 Å². The Morgan fingerprint density at radius 2 is 1.37 bits per heavy atom. The summed E-state index contributed by atoms with van der Waals surface area (Å²) in [5, 5.41) is 0. The summed E-state index contributed by atoms with van der Waals surface area (Å²) in [4.78, 5) is 0. The summed E-state index contributed by atoms with van der Waals surface area (Å²) in [6.45, 7) is 2.05. The Morgan fingerprint density at radius 3 is 1.74 bits per heavy atom. The average Bonchev–Trinajstić information content (AvgIpc) is 3.08. The molecule has 1 aromatic carbocycles. The van der Waals surface area contributed by atoms with E-state index in [9.17, 15) is 0 Å². The molecule has 2 unspecified atom stereocenters. The zero-order chi connectivity index (χ0) is 13.4. The summed E-state index contributed by atoms with van der Waals surface area (Å²) >= 11 is 0. The lowest BCUT2D eigenvalue weighted by molar-refractivity contribution is 0.780. The van der Waals surface area contributed by atoms with Crippen LogP contribution >= 0.6 is 0 Å². The summed E-state index contributed by atoms with van der Waals surface area (Å²) in [5.41, 5.74) is 18.0. The van der Waals surface area contributed by atoms with Crippen molar-refractivity contribution < 1.29 is 0 Å². The second-order valence-electron chi connectivity index (χ2n) is 5.73. The summed E-state index contributed by atoms with van der Waals surface area (Å²) < 4.78 is 0. The summed E-state index contributed by atoms with van der Waals surface area (Å²) in [6.07, 6.45) is 13.8. The van der Waals surface area contributed by atoms with Gasteiger partial charge in [-0.15, -0.1) is 0 Å². The van der Waals surface area contributed by atoms with Crippen LogP contribution in [0.25, 0.3) is 0 Å². The van der Waals surface area contributed by atoms with Gasteiger partial charge in [-0.1, -0.05) is 30.4 Å². The van der Waals surface area contributed by atoms with Gasteiger partial charge in [-0.3, -0.25) is 0 Å². The normalized spacial score (nSPS) is 25.3. The zero-order valence-electron chi connectivity index (χ0n) is 11.5. The highest BCUT2D eigenvalue weighted by atomic mass is 14.6. The van der Waals surface area contributed by atoms with Gasteiger partial charge in [-0.05, 0) is 49.3 Å². The highest BCUT2D eigenvalue weighted by Gasteiger charge is 2.22. The summed E-state index contributed by atoms with van der Waals surface area (Å²) in [5.74, 6) is 0.951. The first-order valence-electron chi connectivity index (χ1n) is 7.20. The first-order chi connectivity index (χ1) is 9.18. The van der Waals surface area contributed by atoms with Gasteiger partial charge in [-0.25, -0.2) is 0 Å². The number of hydrogen-bond donors (Lipinski definition) is 2. The molecule has 0 saturated heterocycles. The maximum atomic E-state index is 6.30. The van der Waals surface area contributed by atoms with E-state index in [1.807, 2.05) is 0 Å². The summed E-state index contributed by atoms with van der Waals surface area (Å²) in [6, 6.07) is 2.26. The number of benzene rings is 1. The van der Waals surface area contributed by atoms with Crippen molar-refractivity contribution in [2.24, 2.45) is 0 Å². The Labute approximate surface area is 115 Å². The van der Waals surface area contributed by atoms with Crippen molar-refractivity contribution >= 4 is 11.4 Å². The van der Waals surface area contributed by atoms with Crippen LogP contribution in [0.3, 0.4) is 0 Å². The maximum absolute atomic E-state index is 6.30. The molecule has 0 aromatic heterocycles. The number of hydrogen-bond acceptors (Lipinski definition) is 2. The van der Waals surface area contributed by atoms with E-state index < -0.39 is 0 Å². The van der Waals surface area contributed by atoms with E-state index in [0.29, 0.717) is 11.8 Å². The summed E-state index contributed by atoms with van der Waals surface area (Å²) in [7, 11) is 0. The van der Waals surface area contributed by atoms with Gasteiger partial charge < -0.3 is 11.5 Å². The minimum absolute atomic E-state index is 0.475. The van der Waals surface area contributed by atoms with Crippen LogP contribution in [0.5, 0.6) is 0 Å². The fourth-order valence-corrected chi connectivity index (χ4v) is 3.30.